The lowest BCUT2D eigenvalue weighted by Crippen LogP contribution is -2.40. The monoisotopic (exact) mass is 524 g/mol. The van der Waals surface area contributed by atoms with E-state index in [1.165, 1.54) is 0 Å². The van der Waals surface area contributed by atoms with Gasteiger partial charge in [-0.3, -0.25) is 9.59 Å². The number of rotatable bonds is 9. The number of nitrogens with zero attached hydrogens (tertiary/aromatic N) is 3. The number of aromatic nitrogens is 2. The quantitative estimate of drug-likeness (QED) is 0.411. The average Bonchev–Trinajstić information content (AvgIpc) is 3.52. The van der Waals surface area contributed by atoms with Crippen molar-refractivity contribution in [2.75, 3.05) is 30.5 Å². The number of hydrogen-bond acceptors (Lipinski definition) is 6. The number of carboxylic acids is 1. The zero-order valence-electron chi connectivity index (χ0n) is 21.3. The van der Waals surface area contributed by atoms with E-state index in [1.54, 1.807) is 54.3 Å². The molecule has 10 heteroatoms. The van der Waals surface area contributed by atoms with Crippen LogP contribution in [0, 0.1) is 11.8 Å². The summed E-state index contributed by atoms with van der Waals surface area (Å²) in [4.78, 5) is 44.6. The molecule has 9 nitrogen and oxygen atoms in total. The van der Waals surface area contributed by atoms with Gasteiger partial charge in [0.2, 0.25) is 5.91 Å². The number of aryl methyl sites for hydroxylation is 1. The number of carbonyl (C=O) groups is 3. The maximum Gasteiger partial charge on any atom is 0.348 e. The van der Waals surface area contributed by atoms with Gasteiger partial charge in [-0.05, 0) is 55.4 Å². The predicted octanol–water partition coefficient (Wildman–Crippen LogP) is 4.90. The van der Waals surface area contributed by atoms with E-state index in [0.717, 1.165) is 47.5 Å². The summed E-state index contributed by atoms with van der Waals surface area (Å²) in [5.74, 6) is -0.929. The minimum absolute atomic E-state index is 0.0385. The van der Waals surface area contributed by atoms with Gasteiger partial charge in [0, 0.05) is 43.4 Å². The van der Waals surface area contributed by atoms with Crippen molar-refractivity contribution in [2.45, 2.75) is 32.6 Å². The Hall–Kier alpha value is -3.50. The Morgan fingerprint density at radius 1 is 1.19 bits per heavy atom. The Bertz CT molecular complexity index is 1260. The van der Waals surface area contributed by atoms with E-state index < -0.39 is 5.97 Å². The summed E-state index contributed by atoms with van der Waals surface area (Å²) in [7, 11) is 3.36. The van der Waals surface area contributed by atoms with Gasteiger partial charge in [0.25, 0.3) is 5.91 Å². The van der Waals surface area contributed by atoms with Crippen LogP contribution in [0.25, 0.3) is 10.4 Å². The van der Waals surface area contributed by atoms with Gasteiger partial charge in [-0.1, -0.05) is 19.1 Å². The van der Waals surface area contributed by atoms with Gasteiger partial charge in [0.1, 0.15) is 10.6 Å². The maximum atomic E-state index is 13.5. The SMILES string of the molecule is COCCN(c1cc(-c2ccc(NC(=O)c3cn(C)cn3)cc2)sc1C(=O)O)C(=O)[C@H]1CC[C@H](C)CC1. The number of amides is 2. The molecule has 4 rings (SSSR count). The van der Waals surface area contributed by atoms with E-state index in [4.69, 9.17) is 4.74 Å². The third-order valence-corrected chi connectivity index (χ3v) is 7.87. The lowest BCUT2D eigenvalue weighted by atomic mass is 9.82. The first-order chi connectivity index (χ1) is 17.8. The number of aromatic carboxylic acids is 1. The molecule has 37 heavy (non-hydrogen) atoms. The Balaban J connectivity index is 1.58. The highest BCUT2D eigenvalue weighted by atomic mass is 32.1. The molecule has 196 valence electrons. The summed E-state index contributed by atoms with van der Waals surface area (Å²) in [5, 5.41) is 12.8. The molecule has 2 heterocycles. The van der Waals surface area contributed by atoms with E-state index in [9.17, 15) is 19.5 Å². The Labute approximate surface area is 220 Å². The number of imidazole rings is 1. The van der Waals surface area contributed by atoms with Crippen LogP contribution in [0.2, 0.25) is 0 Å². The Kier molecular flexibility index (Phi) is 8.40. The largest absolute Gasteiger partial charge is 0.477 e. The maximum absolute atomic E-state index is 13.5. The number of carbonyl (C=O) groups excluding carboxylic acids is 2. The number of methoxy groups -OCH3 is 1. The van der Waals surface area contributed by atoms with E-state index in [1.807, 2.05) is 12.1 Å². The highest BCUT2D eigenvalue weighted by Crippen LogP contribution is 2.39. The number of thiophene rings is 1. The van der Waals surface area contributed by atoms with Crippen LogP contribution in [0.15, 0.2) is 42.9 Å². The summed E-state index contributed by atoms with van der Waals surface area (Å²) < 4.78 is 6.94. The van der Waals surface area contributed by atoms with E-state index in [2.05, 4.69) is 17.2 Å². The van der Waals surface area contributed by atoms with Gasteiger partial charge >= 0.3 is 5.97 Å². The average molecular weight is 525 g/mol. The third-order valence-electron chi connectivity index (χ3n) is 6.71. The first-order valence-electron chi connectivity index (χ1n) is 12.3. The van der Waals surface area contributed by atoms with Crippen LogP contribution in [0.5, 0.6) is 0 Å². The normalized spacial score (nSPS) is 17.4. The van der Waals surface area contributed by atoms with Gasteiger partial charge < -0.3 is 24.6 Å². The first-order valence-corrected chi connectivity index (χ1v) is 13.2. The van der Waals surface area contributed by atoms with E-state index in [0.29, 0.717) is 29.6 Å². The summed E-state index contributed by atoms with van der Waals surface area (Å²) in [6, 6.07) is 8.92. The van der Waals surface area contributed by atoms with Crippen molar-refractivity contribution in [3.63, 3.8) is 0 Å². The third kappa shape index (κ3) is 6.26. The van der Waals surface area contributed by atoms with Gasteiger partial charge in [-0.25, -0.2) is 9.78 Å². The fourth-order valence-corrected chi connectivity index (χ4v) is 5.59. The van der Waals surface area contributed by atoms with E-state index >= 15 is 0 Å². The standard InChI is InChI=1S/C27H32N4O5S/c1-17-4-6-19(7-5-17)26(33)31(12-13-36-3)22-14-23(37-24(22)27(34)35)18-8-10-20(11-9-18)29-25(32)21-15-30(2)16-28-21/h8-11,14-17,19H,4-7,12-13H2,1-3H3,(H,29,32)(H,34,35)/t17-,19-. The molecule has 1 aliphatic rings. The molecule has 0 saturated heterocycles. The molecule has 1 aliphatic carbocycles. The minimum atomic E-state index is -1.07. The summed E-state index contributed by atoms with van der Waals surface area (Å²) >= 11 is 1.13. The predicted molar refractivity (Wildman–Crippen MR) is 143 cm³/mol. The number of anilines is 2. The summed E-state index contributed by atoms with van der Waals surface area (Å²) in [6.07, 6.45) is 6.82. The van der Waals surface area contributed by atoms with Crippen LogP contribution in [0.4, 0.5) is 11.4 Å². The zero-order valence-corrected chi connectivity index (χ0v) is 22.1. The van der Waals surface area contributed by atoms with Gasteiger partial charge in [0.05, 0.1) is 18.6 Å². The lowest BCUT2D eigenvalue weighted by Gasteiger charge is -2.31. The number of hydrogen-bond donors (Lipinski definition) is 2. The summed E-state index contributed by atoms with van der Waals surface area (Å²) in [6.45, 7) is 2.80. The Morgan fingerprint density at radius 2 is 1.89 bits per heavy atom. The van der Waals surface area contributed by atoms with Crippen LogP contribution in [-0.4, -0.2) is 52.7 Å². The van der Waals surface area contributed by atoms with Crippen molar-refractivity contribution in [1.29, 1.82) is 0 Å². The molecule has 2 amide bonds. The van der Waals surface area contributed by atoms with Crippen LogP contribution < -0.4 is 10.2 Å². The second-order valence-corrected chi connectivity index (χ2v) is 10.6. The van der Waals surface area contributed by atoms with Gasteiger partial charge in [-0.2, -0.15) is 0 Å². The molecule has 0 aliphatic heterocycles. The van der Waals surface area contributed by atoms with Crippen molar-refractivity contribution in [1.82, 2.24) is 9.55 Å². The molecule has 1 saturated carbocycles. The molecular formula is C27H32N4O5S. The highest BCUT2D eigenvalue weighted by Gasteiger charge is 2.32. The molecular weight excluding hydrogens is 492 g/mol. The molecule has 0 spiro atoms. The molecule has 0 radical (unpaired) electrons. The summed E-state index contributed by atoms with van der Waals surface area (Å²) in [5.41, 5.74) is 2.10. The zero-order chi connectivity index (χ0) is 26.5. The highest BCUT2D eigenvalue weighted by molar-refractivity contribution is 7.18. The molecule has 2 N–H and O–H groups in total. The molecule has 3 aromatic rings. The fourth-order valence-electron chi connectivity index (χ4n) is 4.58. The molecule has 1 aromatic carbocycles. The number of ether oxygens (including phenoxy) is 1. The fraction of sp³-hybridized carbons (Fsp3) is 0.407. The molecule has 0 atom stereocenters. The van der Waals surface area contributed by atoms with Crippen molar-refractivity contribution in [2.24, 2.45) is 18.9 Å². The number of carboxylic acid groups (broad SMARTS) is 1. The van der Waals surface area contributed by atoms with Gasteiger partial charge in [0.15, 0.2) is 0 Å². The van der Waals surface area contributed by atoms with Crippen LogP contribution >= 0.6 is 11.3 Å². The van der Waals surface area contributed by atoms with Crippen molar-refractivity contribution in [3.8, 4) is 10.4 Å². The van der Waals surface area contributed by atoms with Crippen molar-refractivity contribution < 1.29 is 24.2 Å². The van der Waals surface area contributed by atoms with Crippen LogP contribution in [0.1, 0.15) is 52.8 Å². The minimum Gasteiger partial charge on any atom is -0.477 e. The van der Waals surface area contributed by atoms with Crippen molar-refractivity contribution >= 4 is 40.5 Å². The van der Waals surface area contributed by atoms with E-state index in [-0.39, 0.29) is 29.2 Å². The second kappa shape index (κ2) is 11.7. The lowest BCUT2D eigenvalue weighted by molar-refractivity contribution is -0.123. The molecule has 0 bridgehead atoms. The smallest absolute Gasteiger partial charge is 0.348 e. The number of benzene rings is 1. The first kappa shape index (κ1) is 26.6. The van der Waals surface area contributed by atoms with Crippen molar-refractivity contribution in [3.05, 3.63) is 53.4 Å². The molecule has 2 aromatic heterocycles. The van der Waals surface area contributed by atoms with Crippen LogP contribution in [-0.2, 0) is 16.6 Å². The molecule has 1 fully saturated rings. The van der Waals surface area contributed by atoms with Crippen LogP contribution in [0.3, 0.4) is 0 Å². The Morgan fingerprint density at radius 3 is 2.49 bits per heavy atom. The van der Waals surface area contributed by atoms with Gasteiger partial charge in [-0.15, -0.1) is 11.3 Å². The second-order valence-electron chi connectivity index (χ2n) is 9.53. The molecule has 0 unspecified atom stereocenters. The number of nitrogens with one attached hydrogen (secondary N) is 1. The topological polar surface area (TPSA) is 114 Å².